The molecule has 0 radical (unpaired) electrons. The molecule has 0 amide bonds. The zero-order valence-electron chi connectivity index (χ0n) is 18.0. The van der Waals surface area contributed by atoms with Crippen LogP contribution in [-0.4, -0.2) is 16.8 Å². The maximum Gasteiger partial charge on any atom is 0.221 e. The average molecular weight is 439 g/mol. The number of hydrogen-bond acceptors (Lipinski definition) is 5. The Labute approximate surface area is 191 Å². The normalized spacial score (nSPS) is 11.3. The molecule has 1 aromatic heterocycles. The highest BCUT2D eigenvalue weighted by Gasteiger charge is 2.12. The number of benzene rings is 3. The van der Waals surface area contributed by atoms with Crippen molar-refractivity contribution in [1.82, 2.24) is 4.98 Å². The van der Waals surface area contributed by atoms with E-state index in [1.165, 1.54) is 19.1 Å². The molecule has 0 aliphatic carbocycles. The summed E-state index contributed by atoms with van der Waals surface area (Å²) in [4.78, 5) is 4.61. The van der Waals surface area contributed by atoms with Crippen LogP contribution >= 0.6 is 0 Å². The minimum absolute atomic E-state index is 0.0900. The largest absolute Gasteiger partial charge is 0.487 e. The van der Waals surface area contributed by atoms with E-state index < -0.39 is 0 Å². The second-order valence-electron chi connectivity index (χ2n) is 7.41. The molecule has 4 rings (SSSR count). The molecule has 6 heteroatoms. The highest BCUT2D eigenvalue weighted by Crippen LogP contribution is 2.24. The first kappa shape index (κ1) is 21.9. The molecular weight excluding hydrogens is 417 g/mol. The Morgan fingerprint density at radius 3 is 2.36 bits per heavy atom. The molecule has 0 aliphatic rings. The standard InChI is InChI=1S/C27H22FN3O2/c1-18(29)33-27(30)25(16-19-6-11-22(28)12-7-19)20-9-14-24(15-10-20)32-17-23-13-8-21-4-2-3-5-26(21)31-23/h2-16,29-30H,17H2,1H3/b25-16+,29-18?,30-27?. The molecule has 0 atom stereocenters. The van der Waals surface area contributed by atoms with Crippen LogP contribution in [0.3, 0.4) is 0 Å². The molecular formula is C27H22FN3O2. The highest BCUT2D eigenvalue weighted by molar-refractivity contribution is 6.25. The summed E-state index contributed by atoms with van der Waals surface area (Å²) in [5.74, 6) is 0.0667. The van der Waals surface area contributed by atoms with Gasteiger partial charge in [0.05, 0.1) is 11.2 Å². The lowest BCUT2D eigenvalue weighted by atomic mass is 10.0. The van der Waals surface area contributed by atoms with Gasteiger partial charge < -0.3 is 9.47 Å². The number of ether oxygens (including phenoxy) is 2. The van der Waals surface area contributed by atoms with Crippen LogP contribution in [0.25, 0.3) is 22.6 Å². The van der Waals surface area contributed by atoms with Gasteiger partial charge in [0.25, 0.3) is 0 Å². The summed E-state index contributed by atoms with van der Waals surface area (Å²) in [5, 5.41) is 16.9. The van der Waals surface area contributed by atoms with E-state index in [9.17, 15) is 4.39 Å². The Morgan fingerprint density at radius 1 is 0.909 bits per heavy atom. The van der Waals surface area contributed by atoms with Crippen molar-refractivity contribution in [3.05, 3.63) is 108 Å². The van der Waals surface area contributed by atoms with Gasteiger partial charge in [-0.05, 0) is 53.6 Å². The fourth-order valence-corrected chi connectivity index (χ4v) is 3.29. The molecule has 0 bridgehead atoms. The van der Waals surface area contributed by atoms with Crippen LogP contribution < -0.4 is 4.74 Å². The van der Waals surface area contributed by atoms with E-state index in [0.717, 1.165) is 16.6 Å². The zero-order valence-corrected chi connectivity index (χ0v) is 18.0. The fourth-order valence-electron chi connectivity index (χ4n) is 3.29. The molecule has 0 saturated heterocycles. The Hall–Kier alpha value is -4.32. The lowest BCUT2D eigenvalue weighted by Gasteiger charge is -2.12. The van der Waals surface area contributed by atoms with Gasteiger partial charge in [0.2, 0.25) is 5.90 Å². The Balaban J connectivity index is 1.53. The molecule has 0 unspecified atom stereocenters. The molecule has 3 aromatic carbocycles. The van der Waals surface area contributed by atoms with Gasteiger partial charge in [0.1, 0.15) is 18.2 Å². The third-order valence-electron chi connectivity index (χ3n) is 4.89. The molecule has 0 aliphatic heterocycles. The SMILES string of the molecule is CC(=N)OC(=N)/C(=C/c1ccc(F)cc1)c1ccc(OCc2ccc3ccccc3n2)cc1. The fraction of sp³-hybridized carbons (Fsp3) is 0.0741. The third-order valence-corrected chi connectivity index (χ3v) is 4.89. The van der Waals surface area contributed by atoms with Crippen LogP contribution in [0.5, 0.6) is 5.75 Å². The maximum atomic E-state index is 13.3. The van der Waals surface area contributed by atoms with Gasteiger partial charge in [-0.15, -0.1) is 0 Å². The van der Waals surface area contributed by atoms with E-state index in [2.05, 4.69) is 4.98 Å². The number of nitrogens with zero attached hydrogens (tertiary/aromatic N) is 1. The predicted octanol–water partition coefficient (Wildman–Crippen LogP) is 6.48. The summed E-state index contributed by atoms with van der Waals surface area (Å²) < 4.78 is 24.4. The van der Waals surface area contributed by atoms with Crippen LogP contribution in [0.15, 0.2) is 84.9 Å². The van der Waals surface area contributed by atoms with Gasteiger partial charge in [0, 0.05) is 17.9 Å². The summed E-state index contributed by atoms with van der Waals surface area (Å²) in [6.07, 6.45) is 1.72. The van der Waals surface area contributed by atoms with Gasteiger partial charge in [-0.25, -0.2) is 9.37 Å². The average Bonchev–Trinajstić information content (AvgIpc) is 2.82. The van der Waals surface area contributed by atoms with Gasteiger partial charge >= 0.3 is 0 Å². The summed E-state index contributed by atoms with van der Waals surface area (Å²) >= 11 is 0. The molecule has 1 heterocycles. The Morgan fingerprint density at radius 2 is 1.64 bits per heavy atom. The number of rotatable bonds is 6. The van der Waals surface area contributed by atoms with E-state index in [-0.39, 0.29) is 17.6 Å². The molecule has 2 N–H and O–H groups in total. The van der Waals surface area contributed by atoms with E-state index in [0.29, 0.717) is 29.1 Å². The molecule has 33 heavy (non-hydrogen) atoms. The molecule has 5 nitrogen and oxygen atoms in total. The summed E-state index contributed by atoms with van der Waals surface area (Å²) in [5.41, 5.74) is 3.64. The van der Waals surface area contributed by atoms with E-state index in [4.69, 9.17) is 20.3 Å². The Kier molecular flexibility index (Phi) is 6.55. The topological polar surface area (TPSA) is 79.0 Å². The quantitative estimate of drug-likeness (QED) is 0.205. The molecule has 0 saturated carbocycles. The number of hydrogen-bond donors (Lipinski definition) is 2. The minimum atomic E-state index is -0.335. The lowest BCUT2D eigenvalue weighted by molar-refractivity contribution is 0.302. The van der Waals surface area contributed by atoms with Crippen molar-refractivity contribution < 1.29 is 13.9 Å². The molecule has 0 spiro atoms. The molecule has 0 fully saturated rings. The monoisotopic (exact) mass is 439 g/mol. The van der Waals surface area contributed by atoms with Crippen LogP contribution in [-0.2, 0) is 11.3 Å². The van der Waals surface area contributed by atoms with Crippen LogP contribution in [0.1, 0.15) is 23.7 Å². The van der Waals surface area contributed by atoms with Crippen molar-refractivity contribution in [2.75, 3.05) is 0 Å². The first-order valence-electron chi connectivity index (χ1n) is 10.3. The van der Waals surface area contributed by atoms with Crippen LogP contribution in [0.4, 0.5) is 4.39 Å². The second-order valence-corrected chi connectivity index (χ2v) is 7.41. The number of pyridine rings is 1. The zero-order chi connectivity index (χ0) is 23.2. The highest BCUT2D eigenvalue weighted by atomic mass is 19.1. The van der Waals surface area contributed by atoms with Gasteiger partial charge in [-0.3, -0.25) is 10.8 Å². The number of halogens is 1. The number of nitrogens with one attached hydrogen (secondary N) is 2. The smallest absolute Gasteiger partial charge is 0.221 e. The van der Waals surface area contributed by atoms with Gasteiger partial charge in [-0.1, -0.05) is 48.5 Å². The van der Waals surface area contributed by atoms with Crippen molar-refractivity contribution in [2.24, 2.45) is 0 Å². The van der Waals surface area contributed by atoms with Crippen LogP contribution in [0, 0.1) is 16.6 Å². The van der Waals surface area contributed by atoms with Crippen molar-refractivity contribution in [3.63, 3.8) is 0 Å². The van der Waals surface area contributed by atoms with E-state index >= 15 is 0 Å². The lowest BCUT2D eigenvalue weighted by Crippen LogP contribution is -2.09. The molecule has 164 valence electrons. The van der Waals surface area contributed by atoms with Gasteiger partial charge in [0.15, 0.2) is 5.90 Å². The maximum absolute atomic E-state index is 13.3. The van der Waals surface area contributed by atoms with Crippen molar-refractivity contribution >= 4 is 34.3 Å². The van der Waals surface area contributed by atoms with Crippen molar-refractivity contribution in [1.29, 1.82) is 10.8 Å². The number of aromatic nitrogens is 1. The van der Waals surface area contributed by atoms with E-state index in [1.807, 2.05) is 48.5 Å². The van der Waals surface area contributed by atoms with Crippen LogP contribution in [0.2, 0.25) is 0 Å². The predicted molar refractivity (Wildman–Crippen MR) is 129 cm³/mol. The summed E-state index contributed by atoms with van der Waals surface area (Å²) in [6, 6.07) is 25.1. The first-order chi connectivity index (χ1) is 16.0. The summed E-state index contributed by atoms with van der Waals surface area (Å²) in [7, 11) is 0. The first-order valence-corrected chi connectivity index (χ1v) is 10.3. The Bertz CT molecular complexity index is 1330. The minimum Gasteiger partial charge on any atom is -0.487 e. The molecule has 4 aromatic rings. The number of fused-ring (bicyclic) bond motifs is 1. The van der Waals surface area contributed by atoms with E-state index in [1.54, 1.807) is 30.3 Å². The van der Waals surface area contributed by atoms with Crippen molar-refractivity contribution in [2.45, 2.75) is 13.5 Å². The number of para-hydroxylation sites is 1. The third kappa shape index (κ3) is 5.68. The van der Waals surface area contributed by atoms with Gasteiger partial charge in [-0.2, -0.15) is 0 Å². The second kappa shape index (κ2) is 9.87. The summed E-state index contributed by atoms with van der Waals surface area (Å²) in [6.45, 7) is 1.79. The van der Waals surface area contributed by atoms with Crippen molar-refractivity contribution in [3.8, 4) is 5.75 Å².